The van der Waals surface area contributed by atoms with Crippen LogP contribution in [0.4, 0.5) is 10.7 Å². The van der Waals surface area contributed by atoms with Crippen LogP contribution in [0.5, 0.6) is 5.75 Å². The molecule has 4 rings (SSSR count). The normalized spacial score (nSPS) is 15.3. The number of hydrogen-bond acceptors (Lipinski definition) is 4. The molecule has 0 saturated heterocycles. The van der Waals surface area contributed by atoms with Gasteiger partial charge in [-0.3, -0.25) is 9.59 Å². The Morgan fingerprint density at radius 3 is 2.49 bits per heavy atom. The molecule has 2 N–H and O–H groups in total. The molecule has 0 spiro atoms. The van der Waals surface area contributed by atoms with Crippen LogP contribution in [0.3, 0.4) is 0 Å². The number of hydrogen-bond donors (Lipinski definition) is 2. The van der Waals surface area contributed by atoms with Gasteiger partial charge in [0.1, 0.15) is 10.8 Å². The van der Waals surface area contributed by atoms with Crippen molar-refractivity contribution in [3.63, 3.8) is 0 Å². The summed E-state index contributed by atoms with van der Waals surface area (Å²) in [6.07, 6.45) is 3.05. The second kappa shape index (κ2) is 10.2. The Labute approximate surface area is 211 Å². The molecule has 1 atom stereocenters. The standard InChI is InChI=1S/C29H34N2O3S/c1-18-7-6-8-21(15-18)30-27(33)26-23-14-11-20(29(2,3)4)17-24(23)35-28(26)31-25(32)16-19-9-12-22(34-5)13-10-19/h6-10,12-13,15,20H,11,14,16-17H2,1-5H3,(H,30,33)(H,31,32). The molecule has 1 aromatic heterocycles. The van der Waals surface area contributed by atoms with Gasteiger partial charge in [-0.05, 0) is 78.5 Å². The van der Waals surface area contributed by atoms with Crippen molar-refractivity contribution in [3.8, 4) is 5.75 Å². The van der Waals surface area contributed by atoms with Crippen molar-refractivity contribution < 1.29 is 14.3 Å². The predicted molar refractivity (Wildman–Crippen MR) is 144 cm³/mol. The van der Waals surface area contributed by atoms with Crippen LogP contribution in [0.1, 0.15) is 59.1 Å². The quantitative estimate of drug-likeness (QED) is 0.406. The third kappa shape index (κ3) is 5.93. The van der Waals surface area contributed by atoms with Crippen molar-refractivity contribution in [1.82, 2.24) is 0 Å². The Kier molecular flexibility index (Phi) is 7.31. The first kappa shape index (κ1) is 25.0. The molecule has 3 aromatic rings. The number of benzene rings is 2. The van der Waals surface area contributed by atoms with E-state index in [-0.39, 0.29) is 23.7 Å². The lowest BCUT2D eigenvalue weighted by Crippen LogP contribution is -2.27. The molecule has 5 nitrogen and oxygen atoms in total. The monoisotopic (exact) mass is 490 g/mol. The Balaban J connectivity index is 1.61. The van der Waals surface area contributed by atoms with Crippen molar-refractivity contribution >= 4 is 33.8 Å². The Morgan fingerprint density at radius 2 is 1.83 bits per heavy atom. The molecular weight excluding hydrogens is 456 g/mol. The van der Waals surface area contributed by atoms with E-state index < -0.39 is 0 Å². The number of nitrogens with one attached hydrogen (secondary N) is 2. The van der Waals surface area contributed by atoms with Crippen molar-refractivity contribution in [2.45, 2.75) is 53.4 Å². The van der Waals surface area contributed by atoms with Crippen LogP contribution >= 0.6 is 11.3 Å². The minimum atomic E-state index is -0.165. The van der Waals surface area contributed by atoms with Crippen LogP contribution < -0.4 is 15.4 Å². The van der Waals surface area contributed by atoms with Gasteiger partial charge in [0.2, 0.25) is 5.91 Å². The largest absolute Gasteiger partial charge is 0.497 e. The van der Waals surface area contributed by atoms with E-state index in [4.69, 9.17) is 4.74 Å². The molecule has 1 aliphatic carbocycles. The fourth-order valence-electron chi connectivity index (χ4n) is 4.67. The van der Waals surface area contributed by atoms with Crippen molar-refractivity contribution in [2.75, 3.05) is 17.7 Å². The highest BCUT2D eigenvalue weighted by Gasteiger charge is 2.34. The van der Waals surface area contributed by atoms with Crippen molar-refractivity contribution in [3.05, 3.63) is 75.7 Å². The molecule has 2 amide bonds. The molecule has 1 aliphatic rings. The SMILES string of the molecule is COc1ccc(CC(=O)Nc2sc3c(c2C(=O)Nc2cccc(C)c2)CCC(C(C)(C)C)C3)cc1. The minimum Gasteiger partial charge on any atom is -0.497 e. The second-order valence-electron chi connectivity index (χ2n) is 10.4. The lowest BCUT2D eigenvalue weighted by atomic mass is 9.72. The number of ether oxygens (including phenoxy) is 1. The fraction of sp³-hybridized carbons (Fsp3) is 0.379. The fourth-order valence-corrected chi connectivity index (χ4v) is 6.01. The van der Waals surface area contributed by atoms with E-state index in [1.54, 1.807) is 18.4 Å². The zero-order chi connectivity index (χ0) is 25.2. The first-order chi connectivity index (χ1) is 16.6. The van der Waals surface area contributed by atoms with Gasteiger partial charge in [-0.25, -0.2) is 0 Å². The summed E-state index contributed by atoms with van der Waals surface area (Å²) in [4.78, 5) is 27.7. The topological polar surface area (TPSA) is 67.4 Å². The zero-order valence-corrected chi connectivity index (χ0v) is 22.0. The van der Waals surface area contributed by atoms with Crippen LogP contribution in [-0.4, -0.2) is 18.9 Å². The van der Waals surface area contributed by atoms with E-state index in [1.165, 1.54) is 4.88 Å². The molecule has 0 fully saturated rings. The maximum absolute atomic E-state index is 13.5. The third-order valence-corrected chi connectivity index (χ3v) is 7.94. The van der Waals surface area contributed by atoms with Crippen LogP contribution in [-0.2, 0) is 24.1 Å². The number of anilines is 2. The summed E-state index contributed by atoms with van der Waals surface area (Å²) >= 11 is 1.56. The van der Waals surface area contributed by atoms with E-state index in [0.717, 1.165) is 47.4 Å². The van der Waals surface area contributed by atoms with Gasteiger partial charge in [0, 0.05) is 10.6 Å². The van der Waals surface area contributed by atoms with Crippen LogP contribution in [0.25, 0.3) is 0 Å². The number of methoxy groups -OCH3 is 1. The highest BCUT2D eigenvalue weighted by atomic mass is 32.1. The maximum Gasteiger partial charge on any atom is 0.258 e. The molecule has 6 heteroatoms. The molecule has 35 heavy (non-hydrogen) atoms. The Bertz CT molecular complexity index is 1220. The second-order valence-corrected chi connectivity index (χ2v) is 11.5. The van der Waals surface area contributed by atoms with Crippen LogP contribution in [0.15, 0.2) is 48.5 Å². The molecule has 2 aromatic carbocycles. The van der Waals surface area contributed by atoms with E-state index in [0.29, 0.717) is 16.5 Å². The summed E-state index contributed by atoms with van der Waals surface area (Å²) in [6, 6.07) is 15.2. The van der Waals surface area contributed by atoms with E-state index in [2.05, 4.69) is 31.4 Å². The summed E-state index contributed by atoms with van der Waals surface area (Å²) in [5, 5.41) is 6.77. The molecule has 1 heterocycles. The number of carbonyl (C=O) groups is 2. The first-order valence-corrected chi connectivity index (χ1v) is 12.9. The summed E-state index contributed by atoms with van der Waals surface area (Å²) in [5.41, 5.74) is 4.62. The summed E-state index contributed by atoms with van der Waals surface area (Å²) in [6.45, 7) is 8.83. The van der Waals surface area contributed by atoms with Crippen molar-refractivity contribution in [1.29, 1.82) is 0 Å². The van der Waals surface area contributed by atoms with Gasteiger partial charge in [-0.15, -0.1) is 11.3 Å². The third-order valence-electron chi connectivity index (χ3n) is 6.77. The van der Waals surface area contributed by atoms with E-state index in [9.17, 15) is 9.59 Å². The summed E-state index contributed by atoms with van der Waals surface area (Å²) < 4.78 is 5.20. The molecule has 1 unspecified atom stereocenters. The van der Waals surface area contributed by atoms with E-state index >= 15 is 0 Å². The van der Waals surface area contributed by atoms with Gasteiger partial charge in [0.05, 0.1) is 19.1 Å². The highest BCUT2D eigenvalue weighted by molar-refractivity contribution is 7.17. The molecule has 0 radical (unpaired) electrons. The van der Waals surface area contributed by atoms with Gasteiger partial charge in [-0.1, -0.05) is 45.0 Å². The minimum absolute atomic E-state index is 0.134. The molecule has 0 saturated carbocycles. The Morgan fingerprint density at radius 1 is 1.09 bits per heavy atom. The smallest absolute Gasteiger partial charge is 0.258 e. The number of amides is 2. The molecule has 0 bridgehead atoms. The zero-order valence-electron chi connectivity index (χ0n) is 21.2. The Hall–Kier alpha value is -3.12. The average Bonchev–Trinajstić information content (AvgIpc) is 3.16. The number of rotatable bonds is 6. The predicted octanol–water partition coefficient (Wildman–Crippen LogP) is 6.65. The van der Waals surface area contributed by atoms with Gasteiger partial charge in [-0.2, -0.15) is 0 Å². The number of thiophene rings is 1. The highest BCUT2D eigenvalue weighted by Crippen LogP contribution is 2.44. The summed E-state index contributed by atoms with van der Waals surface area (Å²) in [5.74, 6) is 1.00. The van der Waals surface area contributed by atoms with Gasteiger partial charge < -0.3 is 15.4 Å². The van der Waals surface area contributed by atoms with Crippen molar-refractivity contribution in [2.24, 2.45) is 11.3 Å². The first-order valence-electron chi connectivity index (χ1n) is 12.1. The lowest BCUT2D eigenvalue weighted by Gasteiger charge is -2.33. The van der Waals surface area contributed by atoms with Gasteiger partial charge >= 0.3 is 0 Å². The number of aryl methyl sites for hydroxylation is 1. The molecular formula is C29H34N2O3S. The number of carbonyl (C=O) groups excluding carboxylic acids is 2. The summed E-state index contributed by atoms with van der Waals surface area (Å²) in [7, 11) is 1.62. The lowest BCUT2D eigenvalue weighted by molar-refractivity contribution is -0.115. The van der Waals surface area contributed by atoms with Gasteiger partial charge in [0.15, 0.2) is 0 Å². The average molecular weight is 491 g/mol. The van der Waals surface area contributed by atoms with Crippen LogP contribution in [0.2, 0.25) is 0 Å². The van der Waals surface area contributed by atoms with Gasteiger partial charge in [0.25, 0.3) is 5.91 Å². The number of fused-ring (bicyclic) bond motifs is 1. The molecule has 0 aliphatic heterocycles. The maximum atomic E-state index is 13.5. The van der Waals surface area contributed by atoms with E-state index in [1.807, 2.05) is 55.5 Å². The van der Waals surface area contributed by atoms with Crippen LogP contribution in [0, 0.1) is 18.3 Å². The molecule has 184 valence electrons.